The number of hydrogen-bond donors (Lipinski definition) is 2. The number of carbonyl (C=O) groups excluding carboxylic acids is 2. The van der Waals surface area contributed by atoms with Crippen molar-refractivity contribution in [3.8, 4) is 0 Å². The summed E-state index contributed by atoms with van der Waals surface area (Å²) < 4.78 is 5.26. The second kappa shape index (κ2) is 10.1. The van der Waals surface area contributed by atoms with Gasteiger partial charge < -0.3 is 15.1 Å². The van der Waals surface area contributed by atoms with Crippen molar-refractivity contribution in [2.75, 3.05) is 20.1 Å². The Morgan fingerprint density at radius 2 is 1.74 bits per heavy atom. The predicted molar refractivity (Wildman–Crippen MR) is 113 cm³/mol. The number of imide groups is 1. The zero-order valence-corrected chi connectivity index (χ0v) is 17.4. The van der Waals surface area contributed by atoms with Crippen LogP contribution in [-0.2, 0) is 6.54 Å². The van der Waals surface area contributed by atoms with Gasteiger partial charge in [0.05, 0.1) is 23.9 Å². The van der Waals surface area contributed by atoms with E-state index in [0.717, 1.165) is 18.6 Å². The monoisotopic (exact) mass is 482 g/mol. The molecule has 2 aromatic rings. The van der Waals surface area contributed by atoms with Crippen molar-refractivity contribution in [1.29, 1.82) is 0 Å². The van der Waals surface area contributed by atoms with Crippen molar-refractivity contribution in [3.05, 3.63) is 59.5 Å². The summed E-state index contributed by atoms with van der Waals surface area (Å²) in [6, 6.07) is 10.7. The van der Waals surface area contributed by atoms with Crippen LogP contribution in [0.5, 0.6) is 0 Å². The molecular weight excluding hydrogens is 459 g/mol. The molecule has 0 unspecified atom stereocenters. The lowest BCUT2D eigenvalue weighted by molar-refractivity contribution is 0.0652. The summed E-state index contributed by atoms with van der Waals surface area (Å²) in [7, 11) is 1.70. The maximum absolute atomic E-state index is 12.3. The highest BCUT2D eigenvalue weighted by molar-refractivity contribution is 14.0. The molecule has 27 heavy (non-hydrogen) atoms. The van der Waals surface area contributed by atoms with Gasteiger partial charge in [-0.2, -0.15) is 0 Å². The molecule has 0 aliphatic carbocycles. The number of nitrogens with zero attached hydrogens (tertiary/aromatic N) is 2. The maximum atomic E-state index is 12.3. The van der Waals surface area contributed by atoms with Gasteiger partial charge in [-0.3, -0.25) is 19.5 Å². The van der Waals surface area contributed by atoms with Gasteiger partial charge in [-0.05, 0) is 37.1 Å². The fourth-order valence-electron chi connectivity index (χ4n) is 2.85. The van der Waals surface area contributed by atoms with Crippen molar-refractivity contribution >= 4 is 41.8 Å². The normalized spacial score (nSPS) is 13.4. The maximum Gasteiger partial charge on any atom is 0.261 e. The van der Waals surface area contributed by atoms with Gasteiger partial charge >= 0.3 is 0 Å². The number of guanidine groups is 1. The molecule has 1 aliphatic rings. The fourth-order valence-corrected chi connectivity index (χ4v) is 2.85. The van der Waals surface area contributed by atoms with E-state index in [1.165, 1.54) is 4.90 Å². The molecule has 3 rings (SSSR count). The Morgan fingerprint density at radius 1 is 1.04 bits per heavy atom. The highest BCUT2D eigenvalue weighted by Crippen LogP contribution is 2.22. The Hall–Kier alpha value is -2.36. The topological polar surface area (TPSA) is 86.9 Å². The van der Waals surface area contributed by atoms with E-state index in [9.17, 15) is 9.59 Å². The highest BCUT2D eigenvalue weighted by Gasteiger charge is 2.34. The Kier molecular flexibility index (Phi) is 7.83. The minimum absolute atomic E-state index is 0. The van der Waals surface area contributed by atoms with Crippen molar-refractivity contribution in [3.63, 3.8) is 0 Å². The number of fused-ring (bicyclic) bond motifs is 1. The zero-order valence-electron chi connectivity index (χ0n) is 15.1. The van der Waals surface area contributed by atoms with Crippen molar-refractivity contribution in [1.82, 2.24) is 15.5 Å². The SMILES string of the molecule is CN=C(NCCCCN1C(=O)c2ccccc2C1=O)NCc1ccco1.I. The number of rotatable bonds is 7. The molecule has 1 aliphatic heterocycles. The fraction of sp³-hybridized carbons (Fsp3) is 0.316. The highest BCUT2D eigenvalue weighted by atomic mass is 127. The largest absolute Gasteiger partial charge is 0.467 e. The van der Waals surface area contributed by atoms with Gasteiger partial charge in [-0.1, -0.05) is 12.1 Å². The zero-order chi connectivity index (χ0) is 18.4. The van der Waals surface area contributed by atoms with Gasteiger partial charge in [-0.25, -0.2) is 0 Å². The molecular formula is C19H23IN4O3. The average molecular weight is 482 g/mol. The van der Waals surface area contributed by atoms with Gasteiger partial charge in [0.15, 0.2) is 5.96 Å². The van der Waals surface area contributed by atoms with Gasteiger partial charge in [0, 0.05) is 20.1 Å². The van der Waals surface area contributed by atoms with Gasteiger partial charge in [0.25, 0.3) is 11.8 Å². The van der Waals surface area contributed by atoms with Crippen LogP contribution < -0.4 is 10.6 Å². The first-order valence-electron chi connectivity index (χ1n) is 8.63. The van der Waals surface area contributed by atoms with Crippen LogP contribution in [0, 0.1) is 0 Å². The molecule has 8 heteroatoms. The number of amides is 2. The minimum atomic E-state index is -0.200. The van der Waals surface area contributed by atoms with E-state index in [-0.39, 0.29) is 35.8 Å². The molecule has 0 radical (unpaired) electrons. The standard InChI is InChI=1S/C19H22N4O3.HI/c1-20-19(22-13-14-7-6-12-26-14)21-10-4-5-11-23-17(24)15-8-2-3-9-16(15)18(23)25;/h2-3,6-9,12H,4-5,10-11,13H2,1H3,(H2,20,21,22);1H. The van der Waals surface area contributed by atoms with Crippen molar-refractivity contribution in [2.24, 2.45) is 4.99 Å². The Balaban J connectivity index is 0.00000261. The predicted octanol–water partition coefficient (Wildman–Crippen LogP) is 2.64. The lowest BCUT2D eigenvalue weighted by Crippen LogP contribution is -2.37. The Labute approximate surface area is 175 Å². The van der Waals surface area contributed by atoms with E-state index in [1.807, 2.05) is 12.1 Å². The number of nitrogens with one attached hydrogen (secondary N) is 2. The summed E-state index contributed by atoms with van der Waals surface area (Å²) in [5.41, 5.74) is 0.997. The lowest BCUT2D eigenvalue weighted by atomic mass is 10.1. The molecule has 7 nitrogen and oxygen atoms in total. The summed E-state index contributed by atoms with van der Waals surface area (Å²) in [6.07, 6.45) is 3.18. The van der Waals surface area contributed by atoms with E-state index >= 15 is 0 Å². The molecule has 0 saturated carbocycles. The number of hydrogen-bond acceptors (Lipinski definition) is 4. The molecule has 2 heterocycles. The van der Waals surface area contributed by atoms with Gasteiger partial charge in [-0.15, -0.1) is 24.0 Å². The van der Waals surface area contributed by atoms with Crippen molar-refractivity contribution in [2.45, 2.75) is 19.4 Å². The Morgan fingerprint density at radius 3 is 2.33 bits per heavy atom. The first-order chi connectivity index (χ1) is 12.7. The smallest absolute Gasteiger partial charge is 0.261 e. The second-order valence-electron chi connectivity index (χ2n) is 5.95. The van der Waals surface area contributed by atoms with E-state index < -0.39 is 0 Å². The van der Waals surface area contributed by atoms with Crippen LogP contribution >= 0.6 is 24.0 Å². The first-order valence-corrected chi connectivity index (χ1v) is 8.63. The molecule has 0 fully saturated rings. The number of unbranched alkanes of at least 4 members (excludes halogenated alkanes) is 1. The van der Waals surface area contributed by atoms with Gasteiger partial charge in [0.2, 0.25) is 0 Å². The van der Waals surface area contributed by atoms with Crippen LogP contribution in [0.2, 0.25) is 0 Å². The summed E-state index contributed by atoms with van der Waals surface area (Å²) in [5.74, 6) is 1.12. The molecule has 144 valence electrons. The van der Waals surface area contributed by atoms with E-state index in [0.29, 0.717) is 36.7 Å². The average Bonchev–Trinajstić information content (AvgIpc) is 3.26. The number of benzene rings is 1. The number of halogens is 1. The Bertz CT molecular complexity index is 770. The number of aliphatic imine (C=N–C) groups is 1. The summed E-state index contributed by atoms with van der Waals surface area (Å²) in [4.78, 5) is 30.0. The summed E-state index contributed by atoms with van der Waals surface area (Å²) in [6.45, 7) is 1.68. The third kappa shape index (κ3) is 5.09. The molecule has 0 bridgehead atoms. The van der Waals surface area contributed by atoms with Crippen LogP contribution in [0.3, 0.4) is 0 Å². The molecule has 0 spiro atoms. The van der Waals surface area contributed by atoms with Crippen LogP contribution in [0.1, 0.15) is 39.3 Å². The molecule has 0 saturated heterocycles. The summed E-state index contributed by atoms with van der Waals surface area (Å²) >= 11 is 0. The van der Waals surface area contributed by atoms with E-state index in [1.54, 1.807) is 37.6 Å². The van der Waals surface area contributed by atoms with Gasteiger partial charge in [0.1, 0.15) is 5.76 Å². The van der Waals surface area contributed by atoms with E-state index in [4.69, 9.17) is 4.42 Å². The van der Waals surface area contributed by atoms with Crippen LogP contribution in [0.4, 0.5) is 0 Å². The van der Waals surface area contributed by atoms with Crippen molar-refractivity contribution < 1.29 is 14.0 Å². The molecule has 1 aromatic heterocycles. The number of furan rings is 1. The molecule has 0 atom stereocenters. The summed E-state index contributed by atoms with van der Waals surface area (Å²) in [5, 5.41) is 6.36. The van der Waals surface area contributed by atoms with E-state index in [2.05, 4.69) is 15.6 Å². The quantitative estimate of drug-likeness (QED) is 0.208. The molecule has 2 N–H and O–H groups in total. The lowest BCUT2D eigenvalue weighted by Gasteiger charge is -2.14. The molecule has 2 amide bonds. The van der Waals surface area contributed by atoms with Crippen LogP contribution in [0.15, 0.2) is 52.1 Å². The first kappa shape index (κ1) is 20.9. The minimum Gasteiger partial charge on any atom is -0.467 e. The second-order valence-corrected chi connectivity index (χ2v) is 5.95. The van der Waals surface area contributed by atoms with Crippen LogP contribution in [0.25, 0.3) is 0 Å². The van der Waals surface area contributed by atoms with Crippen LogP contribution in [-0.4, -0.2) is 42.8 Å². The molecule has 1 aromatic carbocycles. The third-order valence-electron chi connectivity index (χ3n) is 4.21. The third-order valence-corrected chi connectivity index (χ3v) is 4.21. The number of carbonyl (C=O) groups is 2.